The molecule has 6 heteroatoms. The van der Waals surface area contributed by atoms with Gasteiger partial charge in [0.25, 0.3) is 0 Å². The minimum atomic E-state index is 0.0685. The molecule has 0 aliphatic carbocycles. The molecule has 2 fully saturated rings. The van der Waals surface area contributed by atoms with Crippen molar-refractivity contribution in [3.05, 3.63) is 40.4 Å². The molecule has 2 atom stereocenters. The molecule has 1 amide bonds. The summed E-state index contributed by atoms with van der Waals surface area (Å²) in [7, 11) is 0. The molecule has 2 saturated heterocycles. The molecule has 2 aliphatic rings. The van der Waals surface area contributed by atoms with Crippen LogP contribution in [0.2, 0.25) is 5.02 Å². The summed E-state index contributed by atoms with van der Waals surface area (Å²) in [6, 6.07) is 8.35. The number of benzene rings is 1. The van der Waals surface area contributed by atoms with Crippen LogP contribution in [-0.2, 0) is 11.2 Å². The molecule has 0 saturated carbocycles. The summed E-state index contributed by atoms with van der Waals surface area (Å²) in [5.74, 6) is 0.663. The Balaban J connectivity index is 1.31. The van der Waals surface area contributed by atoms with Crippen molar-refractivity contribution in [3.63, 3.8) is 0 Å². The molecular weight excluding hydrogens is 378 g/mol. The van der Waals surface area contributed by atoms with Crippen LogP contribution in [0.3, 0.4) is 0 Å². The zero-order valence-electron chi connectivity index (χ0n) is 15.5. The molecule has 1 aromatic carbocycles. The van der Waals surface area contributed by atoms with Gasteiger partial charge in [0.2, 0.25) is 5.91 Å². The molecule has 4 nitrogen and oxygen atoms in total. The molecule has 0 unspecified atom stereocenters. The van der Waals surface area contributed by atoms with Crippen molar-refractivity contribution in [2.24, 2.45) is 5.92 Å². The normalized spacial score (nSPS) is 23.0. The number of rotatable bonds is 5. The maximum Gasteiger partial charge on any atom is 0.226 e. The van der Waals surface area contributed by atoms with E-state index in [4.69, 9.17) is 11.6 Å². The molecule has 1 N–H and O–H groups in total. The number of halogens is 1. The van der Waals surface area contributed by atoms with Crippen LogP contribution in [0.1, 0.15) is 37.8 Å². The second-order valence-corrected chi connectivity index (χ2v) is 8.87. The van der Waals surface area contributed by atoms with Crippen molar-refractivity contribution in [2.45, 2.75) is 44.6 Å². The zero-order chi connectivity index (χ0) is 18.6. The Morgan fingerprint density at radius 1 is 1.22 bits per heavy atom. The predicted molar refractivity (Wildman–Crippen MR) is 111 cm³/mol. The number of nitrogens with one attached hydrogen (secondary N) is 1. The number of fused-ring (bicyclic) bond motifs is 1. The van der Waals surface area contributed by atoms with Gasteiger partial charge in [-0.3, -0.25) is 4.79 Å². The van der Waals surface area contributed by atoms with Gasteiger partial charge in [0.05, 0.1) is 17.1 Å². The average Bonchev–Trinajstić information content (AvgIpc) is 3.15. The van der Waals surface area contributed by atoms with Gasteiger partial charge in [-0.1, -0.05) is 36.2 Å². The lowest BCUT2D eigenvalue weighted by atomic mass is 9.83. The van der Waals surface area contributed by atoms with E-state index in [9.17, 15) is 4.79 Å². The number of hydrogen-bond acceptors (Lipinski definition) is 4. The fraction of sp³-hybridized carbons (Fsp3) is 0.524. The van der Waals surface area contributed by atoms with Crippen LogP contribution in [0, 0.1) is 5.92 Å². The second-order valence-electron chi connectivity index (χ2n) is 7.61. The maximum atomic E-state index is 12.4. The standard InChI is InChI=1S/C21H26ClN3OS/c22-18-8-2-1-7-17(18)21-24-16(14-27-21)12-20(26)23-13-15-6-5-11-25-10-4-3-9-19(15)25/h1-2,7-8,14-15,19H,3-6,9-13H2,(H,23,26)/t15-,19+/m0/s1. The van der Waals surface area contributed by atoms with Crippen LogP contribution < -0.4 is 5.32 Å². The lowest BCUT2D eigenvalue weighted by Gasteiger charge is -2.44. The van der Waals surface area contributed by atoms with E-state index >= 15 is 0 Å². The quantitative estimate of drug-likeness (QED) is 0.805. The van der Waals surface area contributed by atoms with Gasteiger partial charge >= 0.3 is 0 Å². The molecule has 144 valence electrons. The minimum Gasteiger partial charge on any atom is -0.355 e. The van der Waals surface area contributed by atoms with Crippen molar-refractivity contribution < 1.29 is 4.79 Å². The first-order valence-corrected chi connectivity index (χ1v) is 11.2. The van der Waals surface area contributed by atoms with Gasteiger partial charge in [0.1, 0.15) is 5.01 Å². The average molecular weight is 404 g/mol. The maximum absolute atomic E-state index is 12.4. The number of carbonyl (C=O) groups excluding carboxylic acids is 1. The first kappa shape index (κ1) is 18.9. The predicted octanol–water partition coefficient (Wildman–Crippen LogP) is 4.39. The Morgan fingerprint density at radius 2 is 2.07 bits per heavy atom. The first-order chi connectivity index (χ1) is 13.2. The Hall–Kier alpha value is -1.43. The monoisotopic (exact) mass is 403 g/mol. The van der Waals surface area contributed by atoms with E-state index in [0.29, 0.717) is 23.4 Å². The summed E-state index contributed by atoms with van der Waals surface area (Å²) in [5.41, 5.74) is 1.74. The fourth-order valence-corrected chi connectivity index (χ4v) is 5.57. The molecule has 0 bridgehead atoms. The molecular formula is C21H26ClN3OS. The van der Waals surface area contributed by atoms with Gasteiger partial charge in [-0.15, -0.1) is 11.3 Å². The number of piperidine rings is 2. The van der Waals surface area contributed by atoms with Crippen molar-refractivity contribution in [1.29, 1.82) is 0 Å². The summed E-state index contributed by atoms with van der Waals surface area (Å²) < 4.78 is 0. The highest BCUT2D eigenvalue weighted by Gasteiger charge is 2.32. The lowest BCUT2D eigenvalue weighted by Crippen LogP contribution is -2.51. The van der Waals surface area contributed by atoms with E-state index < -0.39 is 0 Å². The highest BCUT2D eigenvalue weighted by atomic mass is 35.5. The number of aromatic nitrogens is 1. The molecule has 3 heterocycles. The highest BCUT2D eigenvalue weighted by Crippen LogP contribution is 2.31. The van der Waals surface area contributed by atoms with Crippen LogP contribution in [0.5, 0.6) is 0 Å². The van der Waals surface area contributed by atoms with Crippen LogP contribution >= 0.6 is 22.9 Å². The van der Waals surface area contributed by atoms with E-state index in [1.807, 2.05) is 29.6 Å². The van der Waals surface area contributed by atoms with Crippen LogP contribution in [0.15, 0.2) is 29.6 Å². The van der Waals surface area contributed by atoms with Crippen molar-refractivity contribution in [3.8, 4) is 10.6 Å². The number of carbonyl (C=O) groups is 1. The van der Waals surface area contributed by atoms with Gasteiger partial charge in [0.15, 0.2) is 0 Å². The summed E-state index contributed by atoms with van der Waals surface area (Å²) in [5, 5.41) is 6.69. The third-order valence-corrected chi connectivity index (χ3v) is 7.04. The Labute approximate surface area is 169 Å². The van der Waals surface area contributed by atoms with Gasteiger partial charge < -0.3 is 10.2 Å². The van der Waals surface area contributed by atoms with Crippen LogP contribution in [0.4, 0.5) is 0 Å². The molecule has 27 heavy (non-hydrogen) atoms. The molecule has 2 aliphatic heterocycles. The van der Waals surface area contributed by atoms with Crippen LogP contribution in [0.25, 0.3) is 10.6 Å². The number of thiazole rings is 1. The summed E-state index contributed by atoms with van der Waals surface area (Å²) >= 11 is 7.79. The largest absolute Gasteiger partial charge is 0.355 e. The fourth-order valence-electron chi connectivity index (χ4n) is 4.43. The Morgan fingerprint density at radius 3 is 2.96 bits per heavy atom. The van der Waals surface area contributed by atoms with Gasteiger partial charge in [-0.05, 0) is 50.8 Å². The molecule has 2 aromatic rings. The zero-order valence-corrected chi connectivity index (χ0v) is 17.1. The van der Waals surface area contributed by atoms with E-state index in [1.54, 1.807) is 0 Å². The minimum absolute atomic E-state index is 0.0685. The molecule has 1 aromatic heterocycles. The molecule has 0 spiro atoms. The summed E-state index contributed by atoms with van der Waals surface area (Å²) in [6.07, 6.45) is 6.76. The molecule has 0 radical (unpaired) electrons. The second kappa shape index (κ2) is 8.72. The SMILES string of the molecule is O=C(Cc1csc(-c2ccccc2Cl)n1)NC[C@@H]1CCCN2CCCC[C@H]12. The van der Waals surface area contributed by atoms with E-state index in [0.717, 1.165) is 22.8 Å². The summed E-state index contributed by atoms with van der Waals surface area (Å²) in [6.45, 7) is 3.26. The van der Waals surface area contributed by atoms with E-state index in [2.05, 4.69) is 15.2 Å². The summed E-state index contributed by atoms with van der Waals surface area (Å²) in [4.78, 5) is 19.7. The Bertz CT molecular complexity index is 791. The highest BCUT2D eigenvalue weighted by molar-refractivity contribution is 7.13. The topological polar surface area (TPSA) is 45.2 Å². The smallest absolute Gasteiger partial charge is 0.226 e. The third-order valence-electron chi connectivity index (χ3n) is 5.79. The van der Waals surface area contributed by atoms with E-state index in [1.165, 1.54) is 56.5 Å². The lowest BCUT2D eigenvalue weighted by molar-refractivity contribution is -0.120. The number of nitrogens with zero attached hydrogens (tertiary/aromatic N) is 2. The van der Waals surface area contributed by atoms with Gasteiger partial charge in [-0.25, -0.2) is 4.98 Å². The van der Waals surface area contributed by atoms with Gasteiger partial charge in [-0.2, -0.15) is 0 Å². The van der Waals surface area contributed by atoms with Crippen LogP contribution in [-0.4, -0.2) is 41.5 Å². The third kappa shape index (κ3) is 4.53. The van der Waals surface area contributed by atoms with E-state index in [-0.39, 0.29) is 5.91 Å². The molecule has 4 rings (SSSR count). The van der Waals surface area contributed by atoms with Crippen molar-refractivity contribution in [2.75, 3.05) is 19.6 Å². The first-order valence-electron chi connectivity index (χ1n) is 9.91. The number of hydrogen-bond donors (Lipinski definition) is 1. The number of amides is 1. The Kier molecular flexibility index (Phi) is 6.11. The van der Waals surface area contributed by atoms with Crippen molar-refractivity contribution >= 4 is 28.8 Å². The van der Waals surface area contributed by atoms with Gasteiger partial charge in [0, 0.05) is 23.5 Å². The van der Waals surface area contributed by atoms with Crippen molar-refractivity contribution in [1.82, 2.24) is 15.2 Å².